The highest BCUT2D eigenvalue weighted by atomic mass is 32.2. The Morgan fingerprint density at radius 1 is 1.28 bits per heavy atom. The van der Waals surface area contributed by atoms with Gasteiger partial charge >= 0.3 is 5.97 Å². The number of hydrogen-bond donors (Lipinski definition) is 1. The fraction of sp³-hybridized carbons (Fsp3) is 0.818. The average molecular weight is 277 g/mol. The second-order valence-electron chi connectivity index (χ2n) is 5.01. The van der Waals surface area contributed by atoms with Crippen LogP contribution in [0.25, 0.3) is 0 Å². The molecule has 1 saturated carbocycles. The van der Waals surface area contributed by atoms with Crippen molar-refractivity contribution >= 4 is 21.7 Å². The van der Waals surface area contributed by atoms with Crippen LogP contribution in [0.5, 0.6) is 0 Å². The molecule has 0 radical (unpaired) electrons. The number of carboxylic acids is 1. The van der Waals surface area contributed by atoms with E-state index in [-0.39, 0.29) is 5.91 Å². The standard InChI is InChI=1S/C11H19NO5S/c1-6(7(2)18(4,16)17)12(3)10(13)8-5-9(8)11(14)15/h6-9H,5H2,1-4H3,(H,14,15)/t6-,7+,8+,9+/m1/s1. The van der Waals surface area contributed by atoms with Crippen molar-refractivity contribution in [1.82, 2.24) is 4.90 Å². The van der Waals surface area contributed by atoms with Gasteiger partial charge in [0.1, 0.15) is 0 Å². The predicted molar refractivity (Wildman–Crippen MR) is 65.8 cm³/mol. The summed E-state index contributed by atoms with van der Waals surface area (Å²) >= 11 is 0. The van der Waals surface area contributed by atoms with E-state index < -0.39 is 38.9 Å². The number of aliphatic carboxylic acids is 1. The molecule has 1 aliphatic carbocycles. The molecule has 1 aliphatic rings. The fourth-order valence-electron chi connectivity index (χ4n) is 1.88. The summed E-state index contributed by atoms with van der Waals surface area (Å²) in [6.45, 7) is 3.20. The highest BCUT2D eigenvalue weighted by molar-refractivity contribution is 7.91. The van der Waals surface area contributed by atoms with Crippen molar-refractivity contribution in [2.45, 2.75) is 31.6 Å². The van der Waals surface area contributed by atoms with Gasteiger partial charge in [0.25, 0.3) is 0 Å². The van der Waals surface area contributed by atoms with Gasteiger partial charge in [-0.3, -0.25) is 9.59 Å². The van der Waals surface area contributed by atoms with E-state index >= 15 is 0 Å². The molecule has 1 rings (SSSR count). The largest absolute Gasteiger partial charge is 0.481 e. The Morgan fingerprint density at radius 3 is 2.11 bits per heavy atom. The number of carbonyl (C=O) groups is 2. The molecule has 0 spiro atoms. The monoisotopic (exact) mass is 277 g/mol. The molecule has 0 aromatic rings. The molecule has 1 fully saturated rings. The van der Waals surface area contributed by atoms with E-state index in [1.807, 2.05) is 0 Å². The van der Waals surface area contributed by atoms with Gasteiger partial charge in [-0.1, -0.05) is 0 Å². The third-order valence-corrected chi connectivity index (χ3v) is 5.48. The van der Waals surface area contributed by atoms with Crippen LogP contribution < -0.4 is 0 Å². The molecule has 0 aromatic heterocycles. The summed E-state index contributed by atoms with van der Waals surface area (Å²) in [7, 11) is -1.71. The number of rotatable bonds is 5. The average Bonchev–Trinajstić information content (AvgIpc) is 3.03. The first-order valence-electron chi connectivity index (χ1n) is 5.75. The maximum Gasteiger partial charge on any atom is 0.307 e. The number of carbonyl (C=O) groups excluding carboxylic acids is 1. The molecule has 18 heavy (non-hydrogen) atoms. The van der Waals surface area contributed by atoms with Gasteiger partial charge in [-0.2, -0.15) is 0 Å². The molecule has 0 unspecified atom stereocenters. The van der Waals surface area contributed by atoms with Crippen molar-refractivity contribution in [3.05, 3.63) is 0 Å². The molecule has 4 atom stereocenters. The summed E-state index contributed by atoms with van der Waals surface area (Å²) in [6, 6.07) is -0.470. The van der Waals surface area contributed by atoms with E-state index in [0.29, 0.717) is 6.42 Å². The van der Waals surface area contributed by atoms with Crippen LogP contribution in [-0.4, -0.2) is 54.9 Å². The van der Waals surface area contributed by atoms with Crippen LogP contribution in [0.4, 0.5) is 0 Å². The van der Waals surface area contributed by atoms with Crippen LogP contribution >= 0.6 is 0 Å². The summed E-state index contributed by atoms with van der Waals surface area (Å²) in [5, 5.41) is 8.09. The van der Waals surface area contributed by atoms with Crippen LogP contribution in [-0.2, 0) is 19.4 Å². The van der Waals surface area contributed by atoms with Gasteiger partial charge in [0, 0.05) is 19.3 Å². The quantitative estimate of drug-likeness (QED) is 0.763. The Labute approximate surface area is 107 Å². The molecule has 104 valence electrons. The molecule has 1 amide bonds. The molecule has 7 heteroatoms. The first kappa shape index (κ1) is 14.9. The molecule has 0 bridgehead atoms. The lowest BCUT2D eigenvalue weighted by molar-refractivity contribution is -0.142. The number of amides is 1. The van der Waals surface area contributed by atoms with Crippen molar-refractivity contribution < 1.29 is 23.1 Å². The summed E-state index contributed by atoms with van der Waals surface area (Å²) < 4.78 is 22.9. The Balaban J connectivity index is 2.68. The van der Waals surface area contributed by atoms with Crippen LogP contribution in [0.1, 0.15) is 20.3 Å². The number of nitrogens with zero attached hydrogens (tertiary/aromatic N) is 1. The van der Waals surface area contributed by atoms with Gasteiger partial charge in [-0.25, -0.2) is 8.42 Å². The van der Waals surface area contributed by atoms with E-state index in [4.69, 9.17) is 5.11 Å². The zero-order valence-electron chi connectivity index (χ0n) is 11.0. The number of hydrogen-bond acceptors (Lipinski definition) is 4. The van der Waals surface area contributed by atoms with Crippen molar-refractivity contribution in [3.8, 4) is 0 Å². The molecule has 0 aromatic carbocycles. The Bertz CT molecular complexity index is 458. The van der Waals surface area contributed by atoms with Gasteiger partial charge in [0.2, 0.25) is 5.91 Å². The smallest absolute Gasteiger partial charge is 0.307 e. The summed E-state index contributed by atoms with van der Waals surface area (Å²) in [4.78, 5) is 24.0. The van der Waals surface area contributed by atoms with Gasteiger partial charge in [-0.05, 0) is 20.3 Å². The first-order valence-corrected chi connectivity index (χ1v) is 7.71. The molecular formula is C11H19NO5S. The fourth-order valence-corrected chi connectivity index (χ4v) is 2.77. The maximum absolute atomic E-state index is 12.0. The lowest BCUT2D eigenvalue weighted by Gasteiger charge is -2.29. The molecule has 0 heterocycles. The third kappa shape index (κ3) is 3.01. The molecule has 1 N–H and O–H groups in total. The molecule has 6 nitrogen and oxygen atoms in total. The van der Waals surface area contributed by atoms with Crippen molar-refractivity contribution in [2.75, 3.05) is 13.3 Å². The van der Waals surface area contributed by atoms with Crippen LogP contribution in [0.3, 0.4) is 0 Å². The van der Waals surface area contributed by atoms with Crippen molar-refractivity contribution in [3.63, 3.8) is 0 Å². The van der Waals surface area contributed by atoms with E-state index in [2.05, 4.69) is 0 Å². The minimum atomic E-state index is -3.23. The summed E-state index contributed by atoms with van der Waals surface area (Å²) in [6.07, 6.45) is 1.47. The Kier molecular flexibility index (Phi) is 4.05. The maximum atomic E-state index is 12.0. The van der Waals surface area contributed by atoms with Gasteiger partial charge in [0.05, 0.1) is 17.1 Å². The number of carboxylic acid groups (broad SMARTS) is 1. The van der Waals surface area contributed by atoms with Gasteiger partial charge in [-0.15, -0.1) is 0 Å². The lowest BCUT2D eigenvalue weighted by Crippen LogP contribution is -2.45. The molecular weight excluding hydrogens is 258 g/mol. The van der Waals surface area contributed by atoms with E-state index in [9.17, 15) is 18.0 Å². The zero-order chi connectivity index (χ0) is 14.2. The van der Waals surface area contributed by atoms with E-state index in [1.54, 1.807) is 13.8 Å². The summed E-state index contributed by atoms with van der Waals surface area (Å²) in [5.41, 5.74) is 0. The number of sulfone groups is 1. The lowest BCUT2D eigenvalue weighted by atomic mass is 10.2. The second-order valence-corrected chi connectivity index (χ2v) is 7.41. The van der Waals surface area contributed by atoms with Gasteiger partial charge in [0.15, 0.2) is 9.84 Å². The minimum absolute atomic E-state index is 0.287. The Hall–Kier alpha value is -1.11. The normalized spacial score (nSPS) is 26.2. The summed E-state index contributed by atoms with van der Waals surface area (Å²) in [5.74, 6) is -2.36. The molecule has 0 saturated heterocycles. The van der Waals surface area contributed by atoms with E-state index in [1.165, 1.54) is 11.9 Å². The van der Waals surface area contributed by atoms with Gasteiger partial charge < -0.3 is 10.0 Å². The SMILES string of the molecule is C[C@H]([C@H](C)S(C)(=O)=O)N(C)C(=O)[C@H]1C[C@@H]1C(=O)O. The highest BCUT2D eigenvalue weighted by Crippen LogP contribution is 2.40. The third-order valence-electron chi connectivity index (χ3n) is 3.74. The predicted octanol–water partition coefficient (Wildman–Crippen LogP) is -0.0129. The highest BCUT2D eigenvalue weighted by Gasteiger charge is 2.50. The minimum Gasteiger partial charge on any atom is -0.481 e. The zero-order valence-corrected chi connectivity index (χ0v) is 11.8. The van der Waals surface area contributed by atoms with Crippen LogP contribution in [0.15, 0.2) is 0 Å². The van der Waals surface area contributed by atoms with Crippen LogP contribution in [0, 0.1) is 11.8 Å². The van der Waals surface area contributed by atoms with E-state index in [0.717, 1.165) is 6.26 Å². The first-order chi connectivity index (χ1) is 8.07. The topological polar surface area (TPSA) is 91.8 Å². The second kappa shape index (κ2) is 4.87. The van der Waals surface area contributed by atoms with Crippen molar-refractivity contribution in [1.29, 1.82) is 0 Å². The van der Waals surface area contributed by atoms with Crippen LogP contribution in [0.2, 0.25) is 0 Å². The van der Waals surface area contributed by atoms with Crippen molar-refractivity contribution in [2.24, 2.45) is 11.8 Å². The Morgan fingerprint density at radius 2 is 1.78 bits per heavy atom. The molecule has 0 aliphatic heterocycles.